The van der Waals surface area contributed by atoms with Crippen molar-refractivity contribution >= 4 is 5.78 Å². The molecule has 0 aliphatic rings. The number of Topliss-reactive ketones (excluding diaryl/α,β-unsaturated/α-hetero) is 1. The number of rotatable bonds is 5. The lowest BCUT2D eigenvalue weighted by Gasteiger charge is -2.04. The molecule has 0 amide bonds. The summed E-state index contributed by atoms with van der Waals surface area (Å²) >= 11 is 0. The van der Waals surface area contributed by atoms with Crippen molar-refractivity contribution in [3.05, 3.63) is 0 Å². The maximum Gasteiger partial charge on any atom is 0.389 e. The molecule has 0 aromatic heterocycles. The predicted octanol–water partition coefficient (Wildman–Crippen LogP) is 1.64. The van der Waals surface area contributed by atoms with Crippen LogP contribution in [0.2, 0.25) is 0 Å². The first-order chi connectivity index (χ1) is 5.45. The fourth-order valence-corrected chi connectivity index (χ4v) is 0.772. The normalized spacial score (nSPS) is 11.7. The number of carbonyl (C=O) groups excluding carboxylic acids is 1. The number of alkyl halides is 3. The molecular formula is C7H12F3NO. The number of carbonyl (C=O) groups is 1. The van der Waals surface area contributed by atoms with Gasteiger partial charge >= 0.3 is 6.18 Å². The summed E-state index contributed by atoms with van der Waals surface area (Å²) in [6, 6.07) is 0. The van der Waals surface area contributed by atoms with Gasteiger partial charge in [-0.15, -0.1) is 0 Å². The maximum atomic E-state index is 11.6. The Kier molecular flexibility index (Phi) is 4.89. The van der Waals surface area contributed by atoms with Crippen LogP contribution in [0, 0.1) is 0 Å². The molecule has 0 radical (unpaired) electrons. The van der Waals surface area contributed by atoms with Crippen molar-refractivity contribution in [2.24, 2.45) is 5.73 Å². The average Bonchev–Trinajstić information content (AvgIpc) is 1.84. The lowest BCUT2D eigenvalue weighted by molar-refractivity contribution is -0.137. The summed E-state index contributed by atoms with van der Waals surface area (Å²) in [5.41, 5.74) is 5.04. The van der Waals surface area contributed by atoms with Crippen LogP contribution in [-0.2, 0) is 4.79 Å². The van der Waals surface area contributed by atoms with E-state index in [2.05, 4.69) is 0 Å². The first-order valence-corrected chi connectivity index (χ1v) is 3.74. The van der Waals surface area contributed by atoms with Gasteiger partial charge in [-0.25, -0.2) is 0 Å². The standard InChI is InChI=1S/C7H12F3NO/c8-7(9,10)4-1-2-6(12)3-5-11/h1-5,11H2. The van der Waals surface area contributed by atoms with Crippen molar-refractivity contribution in [1.29, 1.82) is 0 Å². The largest absolute Gasteiger partial charge is 0.389 e. The smallest absolute Gasteiger partial charge is 0.330 e. The number of hydrogen-bond acceptors (Lipinski definition) is 2. The molecule has 0 fully saturated rings. The molecule has 0 bridgehead atoms. The average molecular weight is 183 g/mol. The van der Waals surface area contributed by atoms with Crippen LogP contribution in [0.1, 0.15) is 25.7 Å². The fraction of sp³-hybridized carbons (Fsp3) is 0.857. The molecular weight excluding hydrogens is 171 g/mol. The van der Waals surface area contributed by atoms with E-state index in [0.717, 1.165) is 0 Å². The lowest BCUT2D eigenvalue weighted by Crippen LogP contribution is -2.10. The van der Waals surface area contributed by atoms with Gasteiger partial charge in [-0.3, -0.25) is 4.79 Å². The number of halogens is 3. The molecule has 5 heteroatoms. The highest BCUT2D eigenvalue weighted by atomic mass is 19.4. The van der Waals surface area contributed by atoms with Gasteiger partial charge in [0.15, 0.2) is 0 Å². The zero-order chi connectivity index (χ0) is 9.61. The summed E-state index contributed by atoms with van der Waals surface area (Å²) in [6.07, 6.45) is -5.00. The second kappa shape index (κ2) is 5.13. The van der Waals surface area contributed by atoms with E-state index >= 15 is 0 Å². The molecule has 0 aliphatic carbocycles. The Hall–Kier alpha value is -0.580. The third-order valence-corrected chi connectivity index (χ3v) is 1.34. The summed E-state index contributed by atoms with van der Waals surface area (Å²) in [4.78, 5) is 10.7. The molecule has 12 heavy (non-hydrogen) atoms. The molecule has 0 saturated carbocycles. The predicted molar refractivity (Wildman–Crippen MR) is 38.6 cm³/mol. The van der Waals surface area contributed by atoms with Crippen LogP contribution in [0.5, 0.6) is 0 Å². The van der Waals surface area contributed by atoms with E-state index in [4.69, 9.17) is 5.73 Å². The van der Waals surface area contributed by atoms with Crippen LogP contribution in [0.15, 0.2) is 0 Å². The van der Waals surface area contributed by atoms with Gasteiger partial charge in [0.05, 0.1) is 0 Å². The van der Waals surface area contributed by atoms with Gasteiger partial charge < -0.3 is 5.73 Å². The van der Waals surface area contributed by atoms with Crippen LogP contribution >= 0.6 is 0 Å². The van der Waals surface area contributed by atoms with Crippen molar-refractivity contribution < 1.29 is 18.0 Å². The molecule has 0 unspecified atom stereocenters. The van der Waals surface area contributed by atoms with E-state index in [1.54, 1.807) is 0 Å². The first-order valence-electron chi connectivity index (χ1n) is 3.74. The van der Waals surface area contributed by atoms with Crippen molar-refractivity contribution in [3.8, 4) is 0 Å². The van der Waals surface area contributed by atoms with E-state index in [1.165, 1.54) is 0 Å². The summed E-state index contributed by atoms with van der Waals surface area (Å²) < 4.78 is 34.7. The summed E-state index contributed by atoms with van der Waals surface area (Å²) in [6.45, 7) is 0.213. The third kappa shape index (κ3) is 7.53. The van der Waals surface area contributed by atoms with Gasteiger partial charge in [0.25, 0.3) is 0 Å². The summed E-state index contributed by atoms with van der Waals surface area (Å²) in [5, 5.41) is 0. The van der Waals surface area contributed by atoms with Crippen LogP contribution in [0.3, 0.4) is 0 Å². The Morgan fingerprint density at radius 3 is 2.25 bits per heavy atom. The monoisotopic (exact) mass is 183 g/mol. The number of nitrogens with two attached hydrogens (primary N) is 1. The van der Waals surface area contributed by atoms with Crippen LogP contribution < -0.4 is 5.73 Å². The zero-order valence-electron chi connectivity index (χ0n) is 6.66. The number of hydrogen-bond donors (Lipinski definition) is 1. The van der Waals surface area contributed by atoms with E-state index in [1.807, 2.05) is 0 Å². The van der Waals surface area contributed by atoms with Crippen LogP contribution in [0.4, 0.5) is 13.2 Å². The molecule has 0 spiro atoms. The van der Waals surface area contributed by atoms with Crippen molar-refractivity contribution in [2.75, 3.05) is 6.54 Å². The van der Waals surface area contributed by atoms with Gasteiger partial charge in [-0.1, -0.05) is 0 Å². The first kappa shape index (κ1) is 11.4. The molecule has 0 saturated heterocycles. The minimum atomic E-state index is -4.15. The molecule has 2 nitrogen and oxygen atoms in total. The lowest BCUT2D eigenvalue weighted by atomic mass is 10.1. The SMILES string of the molecule is NCCC(=O)CCCC(F)(F)F. The number of ketones is 1. The van der Waals surface area contributed by atoms with Gasteiger partial charge in [0.1, 0.15) is 5.78 Å². The molecule has 0 aliphatic heterocycles. The Morgan fingerprint density at radius 2 is 1.83 bits per heavy atom. The molecule has 0 heterocycles. The summed E-state index contributed by atoms with van der Waals surface area (Å²) in [5.74, 6) is -0.193. The van der Waals surface area contributed by atoms with Crippen molar-refractivity contribution in [2.45, 2.75) is 31.9 Å². The highest BCUT2D eigenvalue weighted by Crippen LogP contribution is 2.22. The molecule has 2 N–H and O–H groups in total. The maximum absolute atomic E-state index is 11.6. The minimum absolute atomic E-state index is 0.0172. The van der Waals surface area contributed by atoms with E-state index in [9.17, 15) is 18.0 Å². The highest BCUT2D eigenvalue weighted by Gasteiger charge is 2.26. The molecule has 0 atom stereocenters. The quantitative estimate of drug-likeness (QED) is 0.704. The van der Waals surface area contributed by atoms with Crippen molar-refractivity contribution in [3.63, 3.8) is 0 Å². The van der Waals surface area contributed by atoms with E-state index in [0.29, 0.717) is 0 Å². The zero-order valence-corrected chi connectivity index (χ0v) is 6.66. The Balaban J connectivity index is 3.37. The summed E-state index contributed by atoms with van der Waals surface area (Å²) in [7, 11) is 0. The molecule has 0 aromatic rings. The van der Waals surface area contributed by atoms with Gasteiger partial charge in [0.2, 0.25) is 0 Å². The second-order valence-electron chi connectivity index (χ2n) is 2.55. The highest BCUT2D eigenvalue weighted by molar-refractivity contribution is 5.78. The fourth-order valence-electron chi connectivity index (χ4n) is 0.772. The minimum Gasteiger partial charge on any atom is -0.330 e. The van der Waals surface area contributed by atoms with Crippen molar-refractivity contribution in [1.82, 2.24) is 0 Å². The van der Waals surface area contributed by atoms with Gasteiger partial charge in [-0.05, 0) is 13.0 Å². The molecule has 0 rings (SSSR count). The van der Waals surface area contributed by atoms with Crippen LogP contribution in [0.25, 0.3) is 0 Å². The Morgan fingerprint density at radius 1 is 1.25 bits per heavy atom. The van der Waals surface area contributed by atoms with Crippen LogP contribution in [-0.4, -0.2) is 18.5 Å². The Bertz CT molecular complexity index is 144. The van der Waals surface area contributed by atoms with E-state index < -0.39 is 12.6 Å². The Labute approximate surface area is 68.9 Å². The van der Waals surface area contributed by atoms with Gasteiger partial charge in [-0.2, -0.15) is 13.2 Å². The molecule has 0 aromatic carbocycles. The third-order valence-electron chi connectivity index (χ3n) is 1.34. The van der Waals surface area contributed by atoms with Gasteiger partial charge in [0, 0.05) is 19.3 Å². The second-order valence-corrected chi connectivity index (χ2v) is 2.55. The topological polar surface area (TPSA) is 43.1 Å². The van der Waals surface area contributed by atoms with E-state index in [-0.39, 0.29) is 31.6 Å². The molecule has 72 valence electrons.